The molecule has 0 spiro atoms. The average molecular weight is 352 g/mol. The van der Waals surface area contributed by atoms with Gasteiger partial charge >= 0.3 is 0 Å². The maximum absolute atomic E-state index is 9.62. The molecule has 3 aromatic rings. The van der Waals surface area contributed by atoms with Gasteiger partial charge in [0.15, 0.2) is 5.82 Å². The molecule has 4 rings (SSSR count). The van der Waals surface area contributed by atoms with E-state index in [0.29, 0.717) is 18.2 Å². The molecular formula is C19H24N6O. The number of imidazole rings is 1. The van der Waals surface area contributed by atoms with Gasteiger partial charge in [-0.1, -0.05) is 12.1 Å². The fourth-order valence-electron chi connectivity index (χ4n) is 3.67. The maximum Gasteiger partial charge on any atom is 0.152 e. The number of phenolic OH excluding ortho intramolecular Hbond substituents is 1. The fraction of sp³-hybridized carbons (Fsp3) is 0.421. The molecule has 0 atom stereocenters. The van der Waals surface area contributed by atoms with Crippen LogP contribution in [0.2, 0.25) is 0 Å². The zero-order chi connectivity index (χ0) is 17.9. The molecule has 2 aromatic heterocycles. The van der Waals surface area contributed by atoms with E-state index < -0.39 is 0 Å². The summed E-state index contributed by atoms with van der Waals surface area (Å²) in [6.45, 7) is 3.64. The third-order valence-corrected chi connectivity index (χ3v) is 5.15. The van der Waals surface area contributed by atoms with Gasteiger partial charge in [0.25, 0.3) is 0 Å². The van der Waals surface area contributed by atoms with Crippen molar-refractivity contribution >= 4 is 0 Å². The van der Waals surface area contributed by atoms with E-state index in [4.69, 9.17) is 0 Å². The molecule has 1 saturated heterocycles. The Balaban J connectivity index is 1.37. The number of phenols is 1. The van der Waals surface area contributed by atoms with E-state index in [1.165, 1.54) is 0 Å². The van der Waals surface area contributed by atoms with E-state index >= 15 is 0 Å². The Morgan fingerprint density at radius 2 is 2.00 bits per heavy atom. The van der Waals surface area contributed by atoms with Crippen LogP contribution < -0.4 is 0 Å². The molecule has 1 aliphatic heterocycles. The zero-order valence-electron chi connectivity index (χ0n) is 15.0. The van der Waals surface area contributed by atoms with Gasteiger partial charge in [-0.2, -0.15) is 0 Å². The number of likely N-dealkylation sites (tertiary alicyclic amines) is 1. The third-order valence-electron chi connectivity index (χ3n) is 5.15. The van der Waals surface area contributed by atoms with Crippen LogP contribution in [0, 0.1) is 0 Å². The van der Waals surface area contributed by atoms with Gasteiger partial charge in [0.2, 0.25) is 0 Å². The summed E-state index contributed by atoms with van der Waals surface area (Å²) in [4.78, 5) is 6.52. The minimum atomic E-state index is 0.335. The average Bonchev–Trinajstić information content (AvgIpc) is 3.27. The molecule has 7 heteroatoms. The number of benzene rings is 1. The van der Waals surface area contributed by atoms with Gasteiger partial charge < -0.3 is 14.2 Å². The maximum atomic E-state index is 9.62. The summed E-state index contributed by atoms with van der Waals surface area (Å²) < 4.78 is 4.14. The first-order chi connectivity index (χ1) is 12.7. The van der Waals surface area contributed by atoms with Crippen molar-refractivity contribution in [2.45, 2.75) is 31.8 Å². The van der Waals surface area contributed by atoms with E-state index in [9.17, 15) is 5.11 Å². The molecule has 0 radical (unpaired) electrons. The van der Waals surface area contributed by atoms with Crippen molar-refractivity contribution < 1.29 is 5.11 Å². The summed E-state index contributed by atoms with van der Waals surface area (Å²) in [5.41, 5.74) is 1.16. The number of hydrogen-bond acceptors (Lipinski definition) is 5. The smallest absolute Gasteiger partial charge is 0.152 e. The molecule has 1 aromatic carbocycles. The SMILES string of the molecule is Cn1c(Cn2ccnc2)nnc1C1CCN(Cc2cccc(O)c2)CC1. The number of hydrogen-bond donors (Lipinski definition) is 1. The molecule has 0 saturated carbocycles. The predicted molar refractivity (Wildman–Crippen MR) is 97.7 cm³/mol. The molecule has 0 amide bonds. The van der Waals surface area contributed by atoms with Crippen LogP contribution in [0.5, 0.6) is 5.75 Å². The van der Waals surface area contributed by atoms with Crippen LogP contribution in [0.25, 0.3) is 0 Å². The van der Waals surface area contributed by atoms with Crippen molar-refractivity contribution in [2.24, 2.45) is 7.05 Å². The van der Waals surface area contributed by atoms with Gasteiger partial charge in [-0.25, -0.2) is 4.98 Å². The Bertz CT molecular complexity index is 849. The monoisotopic (exact) mass is 352 g/mol. The van der Waals surface area contributed by atoms with Crippen LogP contribution in [-0.4, -0.2) is 47.4 Å². The van der Waals surface area contributed by atoms with Gasteiger partial charge in [-0.15, -0.1) is 10.2 Å². The van der Waals surface area contributed by atoms with Crippen molar-refractivity contribution in [3.8, 4) is 5.75 Å². The zero-order valence-corrected chi connectivity index (χ0v) is 15.0. The minimum Gasteiger partial charge on any atom is -0.508 e. The Morgan fingerprint density at radius 3 is 2.73 bits per heavy atom. The van der Waals surface area contributed by atoms with Crippen LogP contribution in [0.4, 0.5) is 0 Å². The lowest BCUT2D eigenvalue weighted by atomic mass is 9.95. The van der Waals surface area contributed by atoms with Crippen molar-refractivity contribution in [3.05, 3.63) is 60.2 Å². The first-order valence-electron chi connectivity index (χ1n) is 9.03. The summed E-state index contributed by atoms with van der Waals surface area (Å²) in [6.07, 6.45) is 7.67. The molecule has 0 unspecified atom stereocenters. The van der Waals surface area contributed by atoms with Crippen molar-refractivity contribution in [1.29, 1.82) is 0 Å². The summed E-state index contributed by atoms with van der Waals surface area (Å²) in [6, 6.07) is 7.53. The van der Waals surface area contributed by atoms with Crippen LogP contribution >= 0.6 is 0 Å². The van der Waals surface area contributed by atoms with Crippen molar-refractivity contribution in [1.82, 2.24) is 29.2 Å². The quantitative estimate of drug-likeness (QED) is 0.762. The highest BCUT2D eigenvalue weighted by Gasteiger charge is 2.25. The molecule has 3 heterocycles. The topological polar surface area (TPSA) is 72.0 Å². The molecule has 7 nitrogen and oxygen atoms in total. The predicted octanol–water partition coefficient (Wildman–Crippen LogP) is 2.15. The lowest BCUT2D eigenvalue weighted by molar-refractivity contribution is 0.200. The standard InChI is InChI=1S/C19H24N6O/c1-23-18(13-25-10-7-20-14-25)21-22-19(23)16-5-8-24(9-6-16)12-15-3-2-4-17(26)11-15/h2-4,7,10-11,14,16,26H,5-6,8-9,12-13H2,1H3. The van der Waals surface area contributed by atoms with E-state index in [1.54, 1.807) is 18.6 Å². The molecular weight excluding hydrogens is 328 g/mol. The number of aromatic nitrogens is 5. The van der Waals surface area contributed by atoms with E-state index in [0.717, 1.165) is 49.7 Å². The molecule has 26 heavy (non-hydrogen) atoms. The highest BCUT2D eigenvalue weighted by atomic mass is 16.3. The van der Waals surface area contributed by atoms with Crippen molar-refractivity contribution in [3.63, 3.8) is 0 Å². The second-order valence-corrected chi connectivity index (χ2v) is 6.99. The Kier molecular flexibility index (Phi) is 4.71. The number of nitrogens with zero attached hydrogens (tertiary/aromatic N) is 6. The summed E-state index contributed by atoms with van der Waals surface area (Å²) in [7, 11) is 2.06. The fourth-order valence-corrected chi connectivity index (χ4v) is 3.67. The van der Waals surface area contributed by atoms with Crippen LogP contribution in [0.3, 0.4) is 0 Å². The highest BCUT2D eigenvalue weighted by molar-refractivity contribution is 5.27. The third kappa shape index (κ3) is 3.62. The van der Waals surface area contributed by atoms with Gasteiger partial charge in [-0.05, 0) is 43.6 Å². The van der Waals surface area contributed by atoms with E-state index in [1.807, 2.05) is 22.9 Å². The molecule has 0 bridgehead atoms. The number of rotatable bonds is 5. The first-order valence-corrected chi connectivity index (χ1v) is 9.03. The molecule has 1 fully saturated rings. The Hall–Kier alpha value is -2.67. The van der Waals surface area contributed by atoms with Crippen molar-refractivity contribution in [2.75, 3.05) is 13.1 Å². The van der Waals surface area contributed by atoms with Gasteiger partial charge in [0, 0.05) is 31.9 Å². The first kappa shape index (κ1) is 16.8. The van der Waals surface area contributed by atoms with Crippen LogP contribution in [0.1, 0.15) is 36.0 Å². The second kappa shape index (κ2) is 7.29. The lowest BCUT2D eigenvalue weighted by Gasteiger charge is -2.31. The molecule has 136 valence electrons. The molecule has 1 aliphatic rings. The summed E-state index contributed by atoms with van der Waals surface area (Å²) in [5, 5.41) is 18.5. The van der Waals surface area contributed by atoms with E-state index in [2.05, 4.69) is 37.8 Å². The Labute approximate surface area is 152 Å². The number of piperidine rings is 1. The summed E-state index contributed by atoms with van der Waals surface area (Å²) in [5.74, 6) is 2.82. The lowest BCUT2D eigenvalue weighted by Crippen LogP contribution is -2.33. The second-order valence-electron chi connectivity index (χ2n) is 6.99. The molecule has 1 N–H and O–H groups in total. The largest absolute Gasteiger partial charge is 0.508 e. The summed E-state index contributed by atoms with van der Waals surface area (Å²) >= 11 is 0. The molecule has 0 aliphatic carbocycles. The van der Waals surface area contributed by atoms with Crippen LogP contribution in [-0.2, 0) is 20.1 Å². The highest BCUT2D eigenvalue weighted by Crippen LogP contribution is 2.28. The normalized spacial score (nSPS) is 16.2. The minimum absolute atomic E-state index is 0.335. The van der Waals surface area contributed by atoms with Gasteiger partial charge in [0.1, 0.15) is 11.6 Å². The van der Waals surface area contributed by atoms with Gasteiger partial charge in [0.05, 0.1) is 12.9 Å². The van der Waals surface area contributed by atoms with Crippen LogP contribution in [0.15, 0.2) is 43.0 Å². The Morgan fingerprint density at radius 1 is 1.15 bits per heavy atom. The number of aromatic hydroxyl groups is 1. The van der Waals surface area contributed by atoms with Gasteiger partial charge in [-0.3, -0.25) is 4.90 Å². The van der Waals surface area contributed by atoms with E-state index in [-0.39, 0.29) is 0 Å².